The number of ether oxygens (including phenoxy) is 3. The molecular formula is C25H32ClN4O11PS. The van der Waals surface area contributed by atoms with Crippen LogP contribution in [-0.4, -0.2) is 94.7 Å². The zero-order chi connectivity index (χ0) is 31.2. The maximum atomic E-state index is 12.8. The van der Waals surface area contributed by atoms with Gasteiger partial charge < -0.3 is 39.2 Å². The van der Waals surface area contributed by atoms with Crippen molar-refractivity contribution < 1.29 is 51.6 Å². The molecule has 0 bridgehead atoms. The molecule has 4 N–H and O–H groups in total. The minimum Gasteiger partial charge on any atom is -0.437 e. The number of halogens is 1. The molecule has 236 valence electrons. The second-order valence-electron chi connectivity index (χ2n) is 11.3. The molecule has 1 unspecified atom stereocenters. The van der Waals surface area contributed by atoms with Crippen LogP contribution < -0.4 is 5.32 Å². The van der Waals surface area contributed by atoms with Crippen molar-refractivity contribution in [3.05, 3.63) is 23.0 Å². The molecule has 4 heterocycles. The van der Waals surface area contributed by atoms with Gasteiger partial charge in [0.15, 0.2) is 26.7 Å². The number of carbonyl (C=O) groups is 1. The molecule has 2 saturated heterocycles. The monoisotopic (exact) mass is 662 g/mol. The van der Waals surface area contributed by atoms with Gasteiger partial charge in [-0.3, -0.25) is 13.9 Å². The normalized spacial score (nSPS) is 27.0. The second kappa shape index (κ2) is 12.2. The summed E-state index contributed by atoms with van der Waals surface area (Å²) in [5.74, 6) is -1.65. The van der Waals surface area contributed by atoms with Gasteiger partial charge in [0.2, 0.25) is 6.79 Å². The fraction of sp³-hybridized carbons (Fsp3) is 0.640. The number of carbonyl (C=O) groups excluding carboxylic acids is 1. The van der Waals surface area contributed by atoms with Crippen LogP contribution in [0.1, 0.15) is 44.4 Å². The largest absolute Gasteiger partial charge is 0.437 e. The molecule has 0 radical (unpaired) electrons. The maximum absolute atomic E-state index is 12.8. The van der Waals surface area contributed by atoms with Gasteiger partial charge >= 0.3 is 13.6 Å². The van der Waals surface area contributed by atoms with E-state index in [2.05, 4.69) is 20.9 Å². The van der Waals surface area contributed by atoms with E-state index in [4.69, 9.17) is 25.8 Å². The van der Waals surface area contributed by atoms with Crippen LogP contribution in [-0.2, 0) is 37.9 Å². The first-order chi connectivity index (χ1) is 20.2. The molecule has 18 heteroatoms. The van der Waals surface area contributed by atoms with Crippen molar-refractivity contribution in [2.24, 2.45) is 5.41 Å². The Morgan fingerprint density at radius 2 is 2.02 bits per heavy atom. The number of nitrogens with one attached hydrogen (secondary N) is 1. The van der Waals surface area contributed by atoms with Crippen LogP contribution in [0.15, 0.2) is 12.3 Å². The number of aromatic nitrogens is 2. The van der Waals surface area contributed by atoms with Gasteiger partial charge in [-0.1, -0.05) is 24.4 Å². The van der Waals surface area contributed by atoms with E-state index in [1.807, 2.05) is 0 Å². The molecule has 5 rings (SSSR count). The Morgan fingerprint density at radius 1 is 1.33 bits per heavy atom. The van der Waals surface area contributed by atoms with E-state index in [1.54, 1.807) is 13.0 Å². The van der Waals surface area contributed by atoms with Crippen molar-refractivity contribution in [2.75, 3.05) is 36.6 Å². The number of nitriles is 1. The molecule has 0 spiro atoms. The Bertz CT molecular complexity index is 1590. The van der Waals surface area contributed by atoms with Crippen molar-refractivity contribution in [2.45, 2.75) is 63.2 Å². The van der Waals surface area contributed by atoms with E-state index in [0.717, 1.165) is 25.7 Å². The van der Waals surface area contributed by atoms with Gasteiger partial charge in [0, 0.05) is 17.6 Å². The van der Waals surface area contributed by atoms with Gasteiger partial charge in [-0.2, -0.15) is 5.26 Å². The summed E-state index contributed by atoms with van der Waals surface area (Å²) < 4.78 is 59.6. The van der Waals surface area contributed by atoms with Gasteiger partial charge in [0.1, 0.15) is 41.0 Å². The number of pyridine rings is 1. The number of nitrogens with zero attached hydrogens (tertiary/aromatic N) is 3. The lowest BCUT2D eigenvalue weighted by Gasteiger charge is -2.35. The third-order valence-corrected chi connectivity index (χ3v) is 12.3. The fourth-order valence-corrected chi connectivity index (χ4v) is 9.34. The van der Waals surface area contributed by atoms with Crippen LogP contribution in [0.4, 0.5) is 5.69 Å². The lowest BCUT2D eigenvalue weighted by atomic mass is 9.89. The average molecular weight is 663 g/mol. The summed E-state index contributed by atoms with van der Waals surface area (Å²) in [5.41, 5.74) is -1.38. The van der Waals surface area contributed by atoms with E-state index >= 15 is 0 Å². The molecule has 1 aliphatic carbocycles. The van der Waals surface area contributed by atoms with E-state index in [0.29, 0.717) is 11.1 Å². The van der Waals surface area contributed by atoms with Gasteiger partial charge in [-0.25, -0.2) is 13.4 Å². The number of aliphatic hydroxyl groups excluding tert-OH is 2. The molecule has 2 aromatic rings. The molecule has 2 aromatic heterocycles. The smallest absolute Gasteiger partial charge is 0.346 e. The zero-order valence-electron chi connectivity index (χ0n) is 23.1. The standard InChI is InChI=1S/C25H32ClN4O11PS/c1-25(10-38-11-25)24(33)39-12-40-42(34,35)13-43(36,37)9-17-19(31)20(32)23(41-17)30-7-6-15-18(28-14-4-2-3-5-14)16(8-27)21(26)29-22(15)30/h6-7,14,17,19-20,23,31-32H,2-5,9-13H2,1H3,(H,28,29)(H,34,35)/t17-,19-,20-,23-/m1/s1. The first-order valence-corrected chi connectivity index (χ1v) is 17.5. The lowest BCUT2D eigenvalue weighted by Crippen LogP contribution is -2.47. The van der Waals surface area contributed by atoms with Crippen LogP contribution in [0.5, 0.6) is 0 Å². The number of sulfone groups is 1. The van der Waals surface area contributed by atoms with Crippen LogP contribution >= 0.6 is 19.2 Å². The number of anilines is 1. The average Bonchev–Trinajstić information content (AvgIpc) is 3.63. The highest BCUT2D eigenvalue weighted by Gasteiger charge is 2.47. The second-order valence-corrected chi connectivity index (χ2v) is 16.1. The topological polar surface area (TPSA) is 220 Å². The number of aliphatic hydroxyl groups is 2. The number of esters is 1. The van der Waals surface area contributed by atoms with Crippen LogP contribution in [0.3, 0.4) is 0 Å². The molecule has 3 fully saturated rings. The minimum atomic E-state index is -4.79. The van der Waals surface area contributed by atoms with Gasteiger partial charge in [-0.05, 0) is 25.8 Å². The van der Waals surface area contributed by atoms with Gasteiger partial charge in [0.25, 0.3) is 0 Å². The Morgan fingerprint density at radius 3 is 2.65 bits per heavy atom. The number of hydrogen-bond acceptors (Lipinski definition) is 13. The van der Waals surface area contributed by atoms with Crippen molar-refractivity contribution in [3.63, 3.8) is 0 Å². The van der Waals surface area contributed by atoms with Gasteiger partial charge in [0.05, 0.1) is 24.7 Å². The predicted octanol–water partition coefficient (Wildman–Crippen LogP) is 1.65. The summed E-state index contributed by atoms with van der Waals surface area (Å²) in [7, 11) is -9.20. The van der Waals surface area contributed by atoms with E-state index in [-0.39, 0.29) is 35.6 Å². The minimum absolute atomic E-state index is 0.0814. The van der Waals surface area contributed by atoms with Crippen LogP contribution in [0.25, 0.3) is 11.0 Å². The summed E-state index contributed by atoms with van der Waals surface area (Å²) in [6, 6.07) is 3.86. The van der Waals surface area contributed by atoms with E-state index < -0.39 is 71.4 Å². The lowest BCUT2D eigenvalue weighted by molar-refractivity contribution is -0.188. The highest BCUT2D eigenvalue weighted by atomic mass is 35.5. The molecule has 3 aliphatic rings. The SMILES string of the molecule is CC1(C(=O)OCOP(=O)(O)CS(=O)(=O)C[C@H]2O[C@@H](n3ccc4c(NC5CCCC5)c(C#N)c(Cl)nc43)[C@H](O)[C@@H]2O)COC1. The summed E-state index contributed by atoms with van der Waals surface area (Å²) in [6.07, 6.45) is -0.613. The molecule has 5 atom stereocenters. The third kappa shape index (κ3) is 6.70. The van der Waals surface area contributed by atoms with E-state index in [9.17, 15) is 38.1 Å². The molecular weight excluding hydrogens is 631 g/mol. The quantitative estimate of drug-likeness (QED) is 0.116. The Labute approximate surface area is 252 Å². The van der Waals surface area contributed by atoms with Crippen LogP contribution in [0, 0.1) is 16.7 Å². The zero-order valence-corrected chi connectivity index (χ0v) is 25.6. The summed E-state index contributed by atoms with van der Waals surface area (Å²) in [4.78, 5) is 26.4. The molecule has 15 nitrogen and oxygen atoms in total. The highest BCUT2D eigenvalue weighted by molar-refractivity contribution is 7.97. The number of hydrogen-bond donors (Lipinski definition) is 4. The summed E-state index contributed by atoms with van der Waals surface area (Å²) >= 11 is 6.34. The number of rotatable bonds is 11. The van der Waals surface area contributed by atoms with Crippen molar-refractivity contribution in [1.82, 2.24) is 9.55 Å². The Hall–Kier alpha value is -2.32. The maximum Gasteiger partial charge on any atom is 0.346 e. The molecule has 2 aliphatic heterocycles. The van der Waals surface area contributed by atoms with Gasteiger partial charge in [-0.15, -0.1) is 0 Å². The van der Waals surface area contributed by atoms with Crippen LogP contribution in [0.2, 0.25) is 5.15 Å². The highest BCUT2D eigenvalue weighted by Crippen LogP contribution is 2.44. The molecule has 0 amide bonds. The first-order valence-electron chi connectivity index (χ1n) is 13.5. The fourth-order valence-electron chi connectivity index (χ4n) is 5.42. The first kappa shape index (κ1) is 32.1. The predicted molar refractivity (Wildman–Crippen MR) is 151 cm³/mol. The van der Waals surface area contributed by atoms with Crippen molar-refractivity contribution >= 4 is 51.7 Å². The molecule has 1 saturated carbocycles. The van der Waals surface area contributed by atoms with Crippen molar-refractivity contribution in [1.29, 1.82) is 5.26 Å². The number of fused-ring (bicyclic) bond motifs is 1. The summed E-state index contributed by atoms with van der Waals surface area (Å²) in [5, 5.41) is 35.0. The van der Waals surface area contributed by atoms with E-state index in [1.165, 1.54) is 10.8 Å². The Balaban J connectivity index is 1.27. The third-order valence-electron chi connectivity index (χ3n) is 7.80. The summed E-state index contributed by atoms with van der Waals surface area (Å²) in [6.45, 7) is 0.875. The molecule has 43 heavy (non-hydrogen) atoms. The molecule has 0 aromatic carbocycles. The van der Waals surface area contributed by atoms with Crippen molar-refractivity contribution in [3.8, 4) is 6.07 Å². The Kier molecular flexibility index (Phi) is 9.12.